The summed E-state index contributed by atoms with van der Waals surface area (Å²) in [7, 11) is 0. The molecule has 0 aliphatic rings. The first-order valence-corrected chi connectivity index (χ1v) is 5.70. The fourth-order valence-electron chi connectivity index (χ4n) is 0.770. The van der Waals surface area contributed by atoms with Crippen LogP contribution in [0.2, 0.25) is 0 Å². The zero-order valence-electron chi connectivity index (χ0n) is 12.5. The van der Waals surface area contributed by atoms with E-state index in [0.29, 0.717) is 0 Å². The predicted molar refractivity (Wildman–Crippen MR) is 67.4 cm³/mol. The van der Waals surface area contributed by atoms with Crippen LogP contribution in [0.1, 0.15) is 25.8 Å². The summed E-state index contributed by atoms with van der Waals surface area (Å²) in [4.78, 5) is 19.1. The predicted octanol–water partition coefficient (Wildman–Crippen LogP) is -2.63. The summed E-state index contributed by atoms with van der Waals surface area (Å²) in [6.45, 7) is 4.25. The third-order valence-electron chi connectivity index (χ3n) is 1.44. The molecule has 2 N–H and O–H groups in total. The SMILES string of the molecule is CCC.O=C(O)C(F)(F)F.O=C(O)Cc1ccccc1.[Cl-].[Na+]. The smallest absolute Gasteiger partial charge is 1.00 e. The Morgan fingerprint density at radius 3 is 1.59 bits per heavy atom. The quantitative estimate of drug-likeness (QED) is 0.571. The van der Waals surface area contributed by atoms with Gasteiger partial charge in [-0.25, -0.2) is 4.79 Å². The third kappa shape index (κ3) is 21.5. The minimum absolute atomic E-state index is 0. The maximum Gasteiger partial charge on any atom is 1.00 e. The van der Waals surface area contributed by atoms with Crippen molar-refractivity contribution in [3.63, 3.8) is 0 Å². The maximum absolute atomic E-state index is 10.6. The zero-order valence-corrected chi connectivity index (χ0v) is 15.3. The molecule has 0 aliphatic carbocycles. The average molecular weight is 353 g/mol. The van der Waals surface area contributed by atoms with Crippen LogP contribution in [-0.4, -0.2) is 28.3 Å². The molecule has 0 radical (unpaired) electrons. The van der Waals surface area contributed by atoms with Crippen LogP contribution in [0, 0.1) is 0 Å². The molecule has 9 heteroatoms. The van der Waals surface area contributed by atoms with Crippen LogP contribution in [-0.2, 0) is 16.0 Å². The summed E-state index contributed by atoms with van der Waals surface area (Å²) in [6, 6.07) is 9.13. The molecule has 0 amide bonds. The number of alkyl halides is 3. The van der Waals surface area contributed by atoms with Crippen molar-refractivity contribution in [3.05, 3.63) is 35.9 Å². The molecule has 122 valence electrons. The Morgan fingerprint density at radius 1 is 1.05 bits per heavy atom. The van der Waals surface area contributed by atoms with Gasteiger partial charge in [0.2, 0.25) is 0 Å². The van der Waals surface area contributed by atoms with Crippen molar-refractivity contribution in [1.82, 2.24) is 0 Å². The van der Waals surface area contributed by atoms with Gasteiger partial charge in [-0.2, -0.15) is 13.2 Å². The van der Waals surface area contributed by atoms with Crippen molar-refractivity contribution < 1.29 is 74.9 Å². The Balaban J connectivity index is -0.000000120. The number of halogens is 4. The normalized spacial score (nSPS) is 8.59. The van der Waals surface area contributed by atoms with Crippen LogP contribution in [0.4, 0.5) is 13.2 Å². The van der Waals surface area contributed by atoms with Crippen LogP contribution in [0.15, 0.2) is 30.3 Å². The van der Waals surface area contributed by atoms with Crippen LogP contribution >= 0.6 is 0 Å². The number of benzene rings is 1. The number of hydrogen-bond acceptors (Lipinski definition) is 2. The van der Waals surface area contributed by atoms with E-state index < -0.39 is 18.1 Å². The minimum Gasteiger partial charge on any atom is -1.00 e. The summed E-state index contributed by atoms with van der Waals surface area (Å²) in [5.74, 6) is -3.54. The summed E-state index contributed by atoms with van der Waals surface area (Å²) in [5, 5.41) is 15.5. The van der Waals surface area contributed by atoms with E-state index in [2.05, 4.69) is 13.8 Å². The van der Waals surface area contributed by atoms with Crippen LogP contribution in [0.3, 0.4) is 0 Å². The largest absolute Gasteiger partial charge is 1.00 e. The topological polar surface area (TPSA) is 74.6 Å². The molecule has 0 heterocycles. The van der Waals surface area contributed by atoms with E-state index in [4.69, 9.17) is 15.0 Å². The van der Waals surface area contributed by atoms with Gasteiger partial charge in [0.1, 0.15) is 0 Å². The summed E-state index contributed by atoms with van der Waals surface area (Å²) >= 11 is 0. The molecule has 0 atom stereocenters. The average Bonchev–Trinajstić information content (AvgIpc) is 2.30. The second kappa shape index (κ2) is 16.6. The Bertz CT molecular complexity index is 400. The molecular weight excluding hydrogens is 336 g/mol. The van der Waals surface area contributed by atoms with Crippen molar-refractivity contribution in [2.75, 3.05) is 0 Å². The Kier molecular flexibility index (Phi) is 22.1. The Morgan fingerprint density at radius 2 is 1.36 bits per heavy atom. The van der Waals surface area contributed by atoms with Gasteiger partial charge in [0.15, 0.2) is 0 Å². The zero-order chi connectivity index (χ0) is 16.2. The van der Waals surface area contributed by atoms with Crippen LogP contribution < -0.4 is 42.0 Å². The number of carboxylic acids is 2. The van der Waals surface area contributed by atoms with E-state index in [1.165, 1.54) is 6.42 Å². The molecule has 1 rings (SSSR count). The number of carbonyl (C=O) groups is 2. The monoisotopic (exact) mass is 352 g/mol. The molecule has 1 aromatic carbocycles. The number of aliphatic carboxylic acids is 2. The fourth-order valence-corrected chi connectivity index (χ4v) is 0.770. The van der Waals surface area contributed by atoms with Crippen molar-refractivity contribution in [3.8, 4) is 0 Å². The molecular formula is C13H17ClF3NaO4. The summed E-state index contributed by atoms with van der Waals surface area (Å²) < 4.78 is 31.7. The van der Waals surface area contributed by atoms with Gasteiger partial charge in [-0.3, -0.25) is 4.79 Å². The first-order chi connectivity index (χ1) is 9.15. The summed E-state index contributed by atoms with van der Waals surface area (Å²) in [6.07, 6.45) is -3.72. The molecule has 4 nitrogen and oxygen atoms in total. The van der Waals surface area contributed by atoms with Gasteiger partial charge in [-0.15, -0.1) is 0 Å². The Labute approximate surface area is 155 Å². The number of rotatable bonds is 2. The van der Waals surface area contributed by atoms with E-state index in [1.807, 2.05) is 18.2 Å². The second-order valence-corrected chi connectivity index (χ2v) is 3.57. The molecule has 0 bridgehead atoms. The molecule has 0 aliphatic heterocycles. The molecule has 1 aromatic rings. The standard InChI is InChI=1S/C8H8O2.C3H8.C2HF3O2.ClH.Na/c9-8(10)6-7-4-2-1-3-5-7;1-3-2;3-2(4,5)1(6)7;;/h1-5H,6H2,(H,9,10);3H2,1-2H3;(H,6,7);1H;/q;;;;+1/p-1. The van der Waals surface area contributed by atoms with Crippen molar-refractivity contribution >= 4 is 11.9 Å². The second-order valence-electron chi connectivity index (χ2n) is 3.57. The summed E-state index contributed by atoms with van der Waals surface area (Å²) in [5.41, 5.74) is 0.843. The Hall–Kier alpha value is -0.760. The molecule has 0 saturated heterocycles. The van der Waals surface area contributed by atoms with E-state index >= 15 is 0 Å². The van der Waals surface area contributed by atoms with Crippen LogP contribution in [0.25, 0.3) is 0 Å². The van der Waals surface area contributed by atoms with Crippen LogP contribution in [0.5, 0.6) is 0 Å². The van der Waals surface area contributed by atoms with Gasteiger partial charge in [0.25, 0.3) is 0 Å². The van der Waals surface area contributed by atoms with Crippen molar-refractivity contribution in [2.24, 2.45) is 0 Å². The molecule has 22 heavy (non-hydrogen) atoms. The number of hydrogen-bond donors (Lipinski definition) is 2. The molecule has 0 fully saturated rings. The first-order valence-electron chi connectivity index (χ1n) is 5.70. The van der Waals surface area contributed by atoms with Gasteiger partial charge in [0, 0.05) is 0 Å². The third-order valence-corrected chi connectivity index (χ3v) is 1.44. The van der Waals surface area contributed by atoms with E-state index in [0.717, 1.165) is 5.56 Å². The van der Waals surface area contributed by atoms with Gasteiger partial charge >= 0.3 is 47.7 Å². The number of carboxylic acid groups (broad SMARTS) is 2. The van der Waals surface area contributed by atoms with Crippen molar-refractivity contribution in [1.29, 1.82) is 0 Å². The molecule has 0 saturated carbocycles. The molecule has 0 aromatic heterocycles. The molecule has 0 unspecified atom stereocenters. The van der Waals surface area contributed by atoms with Gasteiger partial charge < -0.3 is 22.6 Å². The van der Waals surface area contributed by atoms with Crippen molar-refractivity contribution in [2.45, 2.75) is 32.9 Å². The minimum atomic E-state index is -5.08. The van der Waals surface area contributed by atoms with Gasteiger partial charge in [0.05, 0.1) is 6.42 Å². The first kappa shape index (κ1) is 29.3. The van der Waals surface area contributed by atoms with E-state index in [-0.39, 0.29) is 48.4 Å². The molecule has 0 spiro atoms. The van der Waals surface area contributed by atoms with E-state index in [1.54, 1.807) is 12.1 Å². The van der Waals surface area contributed by atoms with Gasteiger partial charge in [-0.1, -0.05) is 50.6 Å². The van der Waals surface area contributed by atoms with Gasteiger partial charge in [-0.05, 0) is 5.56 Å². The maximum atomic E-state index is 10.6. The fraction of sp³-hybridized carbons (Fsp3) is 0.385. The van der Waals surface area contributed by atoms with E-state index in [9.17, 15) is 18.0 Å².